The van der Waals surface area contributed by atoms with Crippen LogP contribution in [0.1, 0.15) is 41.4 Å². The van der Waals surface area contributed by atoms with Crippen molar-refractivity contribution in [2.75, 3.05) is 31.2 Å². The number of piperidine rings is 1. The van der Waals surface area contributed by atoms with E-state index >= 15 is 0 Å². The largest absolute Gasteiger partial charge is 0.477 e. The molecule has 8 nitrogen and oxygen atoms in total. The highest BCUT2D eigenvalue weighted by molar-refractivity contribution is 5.96. The van der Waals surface area contributed by atoms with Gasteiger partial charge in [-0.05, 0) is 31.9 Å². The van der Waals surface area contributed by atoms with Crippen LogP contribution in [0.3, 0.4) is 0 Å². The number of pyridine rings is 1. The predicted octanol–water partition coefficient (Wildman–Crippen LogP) is 1.74. The molecule has 0 bridgehead atoms. The van der Waals surface area contributed by atoms with Crippen molar-refractivity contribution in [2.45, 2.75) is 38.8 Å². The number of rotatable bonds is 5. The lowest BCUT2D eigenvalue weighted by Gasteiger charge is -2.33. The van der Waals surface area contributed by atoms with Crippen LogP contribution in [-0.4, -0.2) is 53.2 Å². The molecule has 0 aromatic carbocycles. The summed E-state index contributed by atoms with van der Waals surface area (Å²) in [6.45, 7) is 5.20. The maximum Gasteiger partial charge on any atom is 0.257 e. The van der Waals surface area contributed by atoms with Crippen molar-refractivity contribution in [1.82, 2.24) is 20.3 Å². The van der Waals surface area contributed by atoms with E-state index in [9.17, 15) is 4.79 Å². The summed E-state index contributed by atoms with van der Waals surface area (Å²) in [5, 5.41) is 3.12. The predicted molar refractivity (Wildman–Crippen MR) is 103 cm³/mol. The number of fused-ring (bicyclic) bond motifs is 1. The van der Waals surface area contributed by atoms with Gasteiger partial charge in [0.25, 0.3) is 5.91 Å². The zero-order valence-corrected chi connectivity index (χ0v) is 16.1. The molecule has 1 fully saturated rings. The molecule has 1 N–H and O–H groups in total. The monoisotopic (exact) mass is 383 g/mol. The molecule has 2 aromatic heterocycles. The van der Waals surface area contributed by atoms with E-state index in [2.05, 4.69) is 20.2 Å². The highest BCUT2D eigenvalue weighted by atomic mass is 16.5. The zero-order valence-electron chi connectivity index (χ0n) is 16.1. The maximum absolute atomic E-state index is 12.7. The van der Waals surface area contributed by atoms with Gasteiger partial charge in [-0.1, -0.05) is 0 Å². The first kappa shape index (κ1) is 18.6. The first-order chi connectivity index (χ1) is 13.7. The fourth-order valence-electron chi connectivity index (χ4n) is 3.63. The third-order valence-corrected chi connectivity index (χ3v) is 5.02. The topological polar surface area (TPSA) is 89.5 Å². The Morgan fingerprint density at radius 2 is 2.36 bits per heavy atom. The van der Waals surface area contributed by atoms with E-state index in [-0.39, 0.29) is 11.9 Å². The molecule has 1 atom stereocenters. The molecule has 2 aliphatic heterocycles. The van der Waals surface area contributed by atoms with Crippen LogP contribution in [-0.2, 0) is 17.8 Å². The fraction of sp³-hybridized carbons (Fsp3) is 0.500. The molecule has 28 heavy (non-hydrogen) atoms. The van der Waals surface area contributed by atoms with Crippen molar-refractivity contribution in [2.24, 2.45) is 0 Å². The molecule has 0 unspecified atom stereocenters. The number of amides is 1. The van der Waals surface area contributed by atoms with Crippen LogP contribution in [0.15, 0.2) is 24.5 Å². The van der Waals surface area contributed by atoms with Crippen molar-refractivity contribution < 1.29 is 14.3 Å². The van der Waals surface area contributed by atoms with Gasteiger partial charge in [0.2, 0.25) is 11.8 Å². The molecule has 2 aliphatic rings. The highest BCUT2D eigenvalue weighted by Gasteiger charge is 2.25. The second kappa shape index (κ2) is 8.52. The first-order valence-corrected chi connectivity index (χ1v) is 9.80. The summed E-state index contributed by atoms with van der Waals surface area (Å²) in [5.41, 5.74) is 2.60. The number of carbonyl (C=O) groups is 1. The number of anilines is 1. The highest BCUT2D eigenvalue weighted by Crippen LogP contribution is 2.21. The average molecular weight is 383 g/mol. The van der Waals surface area contributed by atoms with Gasteiger partial charge in [0.15, 0.2) is 0 Å². The first-order valence-electron chi connectivity index (χ1n) is 9.80. The fourth-order valence-corrected chi connectivity index (χ4v) is 3.63. The zero-order chi connectivity index (χ0) is 19.3. The van der Waals surface area contributed by atoms with Crippen LogP contribution in [0.2, 0.25) is 0 Å². The third kappa shape index (κ3) is 4.06. The van der Waals surface area contributed by atoms with Gasteiger partial charge in [0, 0.05) is 43.5 Å². The normalized spacial score (nSPS) is 19.0. The van der Waals surface area contributed by atoms with E-state index in [1.165, 1.54) is 0 Å². The number of nitrogens with one attached hydrogen (secondary N) is 1. The van der Waals surface area contributed by atoms with Crippen LogP contribution in [0.5, 0.6) is 5.88 Å². The van der Waals surface area contributed by atoms with Gasteiger partial charge in [-0.2, -0.15) is 0 Å². The molecule has 0 radical (unpaired) electrons. The second-order valence-corrected chi connectivity index (χ2v) is 6.99. The van der Waals surface area contributed by atoms with Crippen molar-refractivity contribution in [3.63, 3.8) is 0 Å². The SMILES string of the molecule is CCOc1ncccc1C(=O)N[C@@H]1CCCN(c2ncc3c(n2)CCOC3)C1. The van der Waals surface area contributed by atoms with Gasteiger partial charge < -0.3 is 19.7 Å². The van der Waals surface area contributed by atoms with E-state index in [4.69, 9.17) is 14.5 Å². The average Bonchev–Trinajstić information content (AvgIpc) is 2.74. The summed E-state index contributed by atoms with van der Waals surface area (Å²) in [6.07, 6.45) is 6.21. The molecule has 4 rings (SSSR count). The minimum atomic E-state index is -0.160. The minimum Gasteiger partial charge on any atom is -0.477 e. The summed E-state index contributed by atoms with van der Waals surface area (Å²) in [4.78, 5) is 28.3. The third-order valence-electron chi connectivity index (χ3n) is 5.02. The lowest BCUT2D eigenvalue weighted by molar-refractivity contribution is 0.0928. The Morgan fingerprint density at radius 1 is 1.43 bits per heavy atom. The van der Waals surface area contributed by atoms with Crippen molar-refractivity contribution in [3.05, 3.63) is 41.3 Å². The number of ether oxygens (including phenoxy) is 2. The molecule has 8 heteroatoms. The Morgan fingerprint density at radius 3 is 3.25 bits per heavy atom. The molecule has 1 amide bonds. The van der Waals surface area contributed by atoms with Crippen molar-refractivity contribution in [3.8, 4) is 5.88 Å². The number of hydrogen-bond donors (Lipinski definition) is 1. The Kier molecular flexibility index (Phi) is 5.66. The Balaban J connectivity index is 1.44. The molecular weight excluding hydrogens is 358 g/mol. The number of carbonyl (C=O) groups excluding carboxylic acids is 1. The molecule has 0 saturated carbocycles. The Hall–Kier alpha value is -2.74. The van der Waals surface area contributed by atoms with Crippen LogP contribution in [0.4, 0.5) is 5.95 Å². The summed E-state index contributed by atoms with van der Waals surface area (Å²) in [5.74, 6) is 0.943. The van der Waals surface area contributed by atoms with E-state index in [1.54, 1.807) is 18.3 Å². The lowest BCUT2D eigenvalue weighted by Crippen LogP contribution is -2.48. The second-order valence-electron chi connectivity index (χ2n) is 6.99. The smallest absolute Gasteiger partial charge is 0.257 e. The van der Waals surface area contributed by atoms with E-state index in [0.717, 1.165) is 43.0 Å². The van der Waals surface area contributed by atoms with Gasteiger partial charge in [-0.15, -0.1) is 0 Å². The van der Waals surface area contributed by atoms with Gasteiger partial charge in [-0.25, -0.2) is 15.0 Å². The van der Waals surface area contributed by atoms with Gasteiger partial charge >= 0.3 is 0 Å². The van der Waals surface area contributed by atoms with Crippen molar-refractivity contribution in [1.29, 1.82) is 0 Å². The Labute approximate surface area is 164 Å². The molecule has 0 spiro atoms. The van der Waals surface area contributed by atoms with Gasteiger partial charge in [0.05, 0.1) is 25.5 Å². The maximum atomic E-state index is 12.7. The van der Waals surface area contributed by atoms with Crippen LogP contribution in [0.25, 0.3) is 0 Å². The quantitative estimate of drug-likeness (QED) is 0.841. The molecular formula is C20H25N5O3. The molecule has 4 heterocycles. The van der Waals surface area contributed by atoms with E-state index in [0.29, 0.717) is 37.8 Å². The number of hydrogen-bond acceptors (Lipinski definition) is 7. The standard InChI is InChI=1S/C20H25N5O3/c1-2-28-19-16(6-3-8-21-19)18(26)23-15-5-4-9-25(12-15)20-22-11-14-13-27-10-7-17(14)24-20/h3,6,8,11,15H,2,4-5,7,9-10,12-13H2,1H3,(H,23,26)/t15-/m1/s1. The lowest BCUT2D eigenvalue weighted by atomic mass is 10.1. The van der Waals surface area contributed by atoms with Gasteiger partial charge in [0.1, 0.15) is 5.56 Å². The summed E-state index contributed by atoms with van der Waals surface area (Å²) < 4.78 is 10.9. The molecule has 148 valence electrons. The van der Waals surface area contributed by atoms with E-state index in [1.807, 2.05) is 13.1 Å². The summed E-state index contributed by atoms with van der Waals surface area (Å²) in [7, 11) is 0. The van der Waals surface area contributed by atoms with Gasteiger partial charge in [-0.3, -0.25) is 4.79 Å². The van der Waals surface area contributed by atoms with E-state index < -0.39 is 0 Å². The minimum absolute atomic E-state index is 0.0268. The van der Waals surface area contributed by atoms with Crippen LogP contribution >= 0.6 is 0 Å². The molecule has 0 aliphatic carbocycles. The number of aromatic nitrogens is 3. The molecule has 1 saturated heterocycles. The summed E-state index contributed by atoms with van der Waals surface area (Å²) >= 11 is 0. The number of nitrogens with zero attached hydrogens (tertiary/aromatic N) is 4. The van der Waals surface area contributed by atoms with Crippen molar-refractivity contribution >= 4 is 11.9 Å². The summed E-state index contributed by atoms with van der Waals surface area (Å²) in [6, 6.07) is 3.51. The van der Waals surface area contributed by atoms with Crippen LogP contribution in [0, 0.1) is 0 Å². The Bertz CT molecular complexity index is 844. The molecule has 2 aromatic rings. The van der Waals surface area contributed by atoms with Crippen LogP contribution < -0.4 is 15.0 Å².